The van der Waals surface area contributed by atoms with E-state index >= 15 is 0 Å². The van der Waals surface area contributed by atoms with Gasteiger partial charge in [-0.15, -0.1) is 10.2 Å². The summed E-state index contributed by atoms with van der Waals surface area (Å²) in [7, 11) is 0. The Morgan fingerprint density at radius 3 is 2.90 bits per heavy atom. The summed E-state index contributed by atoms with van der Waals surface area (Å²) in [5, 5.41) is 12.5. The highest BCUT2D eigenvalue weighted by Gasteiger charge is 2.10. The molecule has 0 aliphatic heterocycles. The van der Waals surface area contributed by atoms with E-state index in [1.165, 1.54) is 11.3 Å². The maximum absolute atomic E-state index is 11.7. The van der Waals surface area contributed by atoms with E-state index < -0.39 is 0 Å². The highest BCUT2D eigenvalue weighted by Crippen LogP contribution is 2.22. The first-order valence-corrected chi connectivity index (χ1v) is 7.25. The van der Waals surface area contributed by atoms with Crippen molar-refractivity contribution in [2.45, 2.75) is 19.8 Å². The van der Waals surface area contributed by atoms with Gasteiger partial charge in [0.05, 0.1) is 0 Å². The van der Waals surface area contributed by atoms with Gasteiger partial charge in [0.15, 0.2) is 6.61 Å². The number of halogens is 1. The molecule has 7 heteroatoms. The SMILES string of the molecule is CC(C)c1nnc(NC(=O)COc2cccc(Cl)c2)s1. The van der Waals surface area contributed by atoms with Gasteiger partial charge in [-0.2, -0.15) is 0 Å². The molecule has 0 atom stereocenters. The molecule has 0 fully saturated rings. The number of carbonyl (C=O) groups excluding carboxylic acids is 1. The Kier molecular flexibility index (Phi) is 4.92. The standard InChI is InChI=1S/C13H14ClN3O2S/c1-8(2)12-16-17-13(20-12)15-11(18)7-19-10-5-3-4-9(14)6-10/h3-6,8H,7H2,1-2H3,(H,15,17,18). The van der Waals surface area contributed by atoms with E-state index in [9.17, 15) is 4.79 Å². The van der Waals surface area contributed by atoms with Crippen molar-refractivity contribution in [3.05, 3.63) is 34.3 Å². The molecule has 0 spiro atoms. The van der Waals surface area contributed by atoms with Gasteiger partial charge in [-0.25, -0.2) is 0 Å². The summed E-state index contributed by atoms with van der Waals surface area (Å²) in [6.45, 7) is 3.94. The van der Waals surface area contributed by atoms with Crippen molar-refractivity contribution < 1.29 is 9.53 Å². The van der Waals surface area contributed by atoms with Crippen LogP contribution in [0.25, 0.3) is 0 Å². The van der Waals surface area contributed by atoms with E-state index in [4.69, 9.17) is 16.3 Å². The lowest BCUT2D eigenvalue weighted by Gasteiger charge is -2.05. The van der Waals surface area contributed by atoms with Crippen molar-refractivity contribution in [1.29, 1.82) is 0 Å². The molecule has 1 heterocycles. The number of carbonyl (C=O) groups is 1. The van der Waals surface area contributed by atoms with Gasteiger partial charge in [-0.3, -0.25) is 10.1 Å². The quantitative estimate of drug-likeness (QED) is 0.920. The van der Waals surface area contributed by atoms with Gasteiger partial charge in [0.1, 0.15) is 10.8 Å². The van der Waals surface area contributed by atoms with Crippen LogP contribution in [0, 0.1) is 0 Å². The average Bonchev–Trinajstić information content (AvgIpc) is 2.85. The number of hydrogen-bond acceptors (Lipinski definition) is 5. The predicted molar refractivity (Wildman–Crippen MR) is 79.6 cm³/mol. The van der Waals surface area contributed by atoms with Crippen LogP contribution < -0.4 is 10.1 Å². The van der Waals surface area contributed by atoms with Crippen LogP contribution >= 0.6 is 22.9 Å². The third kappa shape index (κ3) is 4.18. The lowest BCUT2D eigenvalue weighted by molar-refractivity contribution is -0.118. The molecule has 1 amide bonds. The molecule has 20 heavy (non-hydrogen) atoms. The average molecular weight is 312 g/mol. The number of amides is 1. The molecule has 1 aromatic carbocycles. The summed E-state index contributed by atoms with van der Waals surface area (Å²) in [6.07, 6.45) is 0. The van der Waals surface area contributed by atoms with Crippen LogP contribution in [0.3, 0.4) is 0 Å². The molecular weight excluding hydrogens is 298 g/mol. The minimum Gasteiger partial charge on any atom is -0.484 e. The maximum Gasteiger partial charge on any atom is 0.264 e. The Labute approximate surface area is 125 Å². The van der Waals surface area contributed by atoms with Crippen LogP contribution in [0.4, 0.5) is 5.13 Å². The number of nitrogens with zero attached hydrogens (tertiary/aromatic N) is 2. The van der Waals surface area contributed by atoms with Crippen LogP contribution in [-0.2, 0) is 4.79 Å². The number of nitrogens with one attached hydrogen (secondary N) is 1. The highest BCUT2D eigenvalue weighted by atomic mass is 35.5. The molecule has 0 saturated heterocycles. The number of aromatic nitrogens is 2. The van der Waals surface area contributed by atoms with E-state index in [-0.39, 0.29) is 12.5 Å². The van der Waals surface area contributed by atoms with Crippen LogP contribution in [-0.4, -0.2) is 22.7 Å². The summed E-state index contributed by atoms with van der Waals surface area (Å²) >= 11 is 7.19. The van der Waals surface area contributed by atoms with Crippen molar-refractivity contribution in [1.82, 2.24) is 10.2 Å². The molecule has 1 N–H and O–H groups in total. The van der Waals surface area contributed by atoms with Crippen LogP contribution in [0.2, 0.25) is 5.02 Å². The summed E-state index contributed by atoms with van der Waals surface area (Å²) in [4.78, 5) is 11.7. The van der Waals surface area contributed by atoms with Gasteiger partial charge in [0, 0.05) is 10.9 Å². The minimum atomic E-state index is -0.281. The van der Waals surface area contributed by atoms with Gasteiger partial charge in [-0.1, -0.05) is 42.9 Å². The van der Waals surface area contributed by atoms with E-state index in [0.717, 1.165) is 5.01 Å². The molecule has 106 valence electrons. The van der Waals surface area contributed by atoms with Crippen LogP contribution in [0.5, 0.6) is 5.75 Å². The number of ether oxygens (including phenoxy) is 1. The van der Waals surface area contributed by atoms with Gasteiger partial charge in [0.25, 0.3) is 5.91 Å². The third-order valence-corrected chi connectivity index (χ3v) is 3.72. The first-order valence-electron chi connectivity index (χ1n) is 6.06. The molecule has 0 bridgehead atoms. The van der Waals surface area contributed by atoms with E-state index in [1.54, 1.807) is 24.3 Å². The molecule has 0 aliphatic carbocycles. The lowest BCUT2D eigenvalue weighted by Crippen LogP contribution is -2.20. The van der Waals surface area contributed by atoms with Crippen molar-refractivity contribution in [2.24, 2.45) is 0 Å². The highest BCUT2D eigenvalue weighted by molar-refractivity contribution is 7.15. The van der Waals surface area contributed by atoms with Gasteiger partial charge in [0.2, 0.25) is 5.13 Å². The zero-order chi connectivity index (χ0) is 14.5. The van der Waals surface area contributed by atoms with E-state index in [1.807, 2.05) is 13.8 Å². The summed E-state index contributed by atoms with van der Waals surface area (Å²) in [5.41, 5.74) is 0. The molecular formula is C13H14ClN3O2S. The minimum absolute atomic E-state index is 0.100. The topological polar surface area (TPSA) is 64.1 Å². The van der Waals surface area contributed by atoms with Gasteiger partial charge in [-0.05, 0) is 18.2 Å². The monoisotopic (exact) mass is 311 g/mol. The van der Waals surface area contributed by atoms with Crippen molar-refractivity contribution in [3.8, 4) is 5.75 Å². The van der Waals surface area contributed by atoms with Crippen LogP contribution in [0.15, 0.2) is 24.3 Å². The van der Waals surface area contributed by atoms with Gasteiger partial charge >= 0.3 is 0 Å². The molecule has 0 aliphatic rings. The number of hydrogen-bond donors (Lipinski definition) is 1. The van der Waals surface area contributed by atoms with Crippen molar-refractivity contribution >= 4 is 34.0 Å². The first-order chi connectivity index (χ1) is 9.54. The number of anilines is 1. The second-order valence-electron chi connectivity index (χ2n) is 4.39. The van der Waals surface area contributed by atoms with Crippen molar-refractivity contribution in [2.75, 3.05) is 11.9 Å². The molecule has 2 aromatic rings. The molecule has 0 radical (unpaired) electrons. The van der Waals surface area contributed by atoms with Gasteiger partial charge < -0.3 is 4.74 Å². The lowest BCUT2D eigenvalue weighted by atomic mass is 10.2. The zero-order valence-corrected chi connectivity index (χ0v) is 12.7. The predicted octanol–water partition coefficient (Wildman–Crippen LogP) is 3.33. The fourth-order valence-corrected chi connectivity index (χ4v) is 2.32. The fraction of sp³-hybridized carbons (Fsp3) is 0.308. The Balaban J connectivity index is 1.86. The summed E-state index contributed by atoms with van der Waals surface area (Å²) in [6, 6.07) is 6.88. The smallest absolute Gasteiger partial charge is 0.264 e. The maximum atomic E-state index is 11.7. The van der Waals surface area contributed by atoms with E-state index in [0.29, 0.717) is 21.8 Å². The Morgan fingerprint density at radius 1 is 1.45 bits per heavy atom. The summed E-state index contributed by atoms with van der Waals surface area (Å²) in [5.74, 6) is 0.560. The fourth-order valence-electron chi connectivity index (χ4n) is 1.38. The number of rotatable bonds is 5. The largest absolute Gasteiger partial charge is 0.484 e. The molecule has 5 nitrogen and oxygen atoms in total. The van der Waals surface area contributed by atoms with E-state index in [2.05, 4.69) is 15.5 Å². The Hall–Kier alpha value is -1.66. The zero-order valence-electron chi connectivity index (χ0n) is 11.1. The third-order valence-electron chi connectivity index (χ3n) is 2.35. The second kappa shape index (κ2) is 6.67. The normalized spacial score (nSPS) is 10.6. The molecule has 0 saturated carbocycles. The summed E-state index contributed by atoms with van der Waals surface area (Å²) < 4.78 is 5.34. The number of benzene rings is 1. The van der Waals surface area contributed by atoms with Crippen LogP contribution in [0.1, 0.15) is 24.8 Å². The first kappa shape index (κ1) is 14.7. The molecule has 0 unspecified atom stereocenters. The van der Waals surface area contributed by atoms with Crippen molar-refractivity contribution in [3.63, 3.8) is 0 Å². The Bertz CT molecular complexity index is 601. The second-order valence-corrected chi connectivity index (χ2v) is 5.84. The molecule has 2 rings (SSSR count). The molecule has 1 aromatic heterocycles. The Morgan fingerprint density at radius 2 is 2.25 bits per heavy atom.